The molecule has 0 bridgehead atoms. The average molecular weight is 304 g/mol. The predicted molar refractivity (Wildman–Crippen MR) is 83.5 cm³/mol. The molecule has 0 spiro atoms. The molecule has 21 heavy (non-hydrogen) atoms. The van der Waals surface area contributed by atoms with E-state index in [2.05, 4.69) is 10.2 Å². The van der Waals surface area contributed by atoms with Crippen LogP contribution in [0.25, 0.3) is 0 Å². The molecule has 6 heteroatoms. The zero-order chi connectivity index (χ0) is 16.1. The SMILES string of the molecule is CCNC(C)(CN(CCOCC)CCOCC)C(=O)OC. The van der Waals surface area contributed by atoms with Crippen molar-refractivity contribution in [2.24, 2.45) is 0 Å². The number of hydrogen-bond acceptors (Lipinski definition) is 6. The molecule has 0 radical (unpaired) electrons. The Morgan fingerprint density at radius 1 is 1.10 bits per heavy atom. The first-order valence-electron chi connectivity index (χ1n) is 7.75. The summed E-state index contributed by atoms with van der Waals surface area (Å²) < 4.78 is 15.8. The summed E-state index contributed by atoms with van der Waals surface area (Å²) in [7, 11) is 1.42. The van der Waals surface area contributed by atoms with Gasteiger partial charge in [0.2, 0.25) is 0 Å². The number of rotatable bonds is 13. The third-order valence-electron chi connectivity index (χ3n) is 3.25. The topological polar surface area (TPSA) is 60.0 Å². The van der Waals surface area contributed by atoms with Crippen LogP contribution < -0.4 is 5.32 Å². The van der Waals surface area contributed by atoms with Crippen molar-refractivity contribution in [2.45, 2.75) is 33.2 Å². The zero-order valence-electron chi connectivity index (χ0n) is 14.2. The quantitative estimate of drug-likeness (QED) is 0.403. The van der Waals surface area contributed by atoms with Crippen LogP contribution in [-0.4, -0.2) is 76.1 Å². The van der Waals surface area contributed by atoms with Crippen molar-refractivity contribution < 1.29 is 19.0 Å². The number of nitrogens with zero attached hydrogens (tertiary/aromatic N) is 1. The molecule has 6 nitrogen and oxygen atoms in total. The van der Waals surface area contributed by atoms with Crippen LogP contribution in [0.3, 0.4) is 0 Å². The third kappa shape index (κ3) is 8.36. The second-order valence-corrected chi connectivity index (χ2v) is 5.02. The van der Waals surface area contributed by atoms with Crippen LogP contribution in [0.2, 0.25) is 0 Å². The molecular formula is C15H32N2O4. The fourth-order valence-electron chi connectivity index (χ4n) is 2.20. The summed E-state index contributed by atoms with van der Waals surface area (Å²) in [6.45, 7) is 13.3. The lowest BCUT2D eigenvalue weighted by molar-refractivity contribution is -0.149. The summed E-state index contributed by atoms with van der Waals surface area (Å²) in [5.41, 5.74) is -0.720. The number of nitrogens with one attached hydrogen (secondary N) is 1. The highest BCUT2D eigenvalue weighted by molar-refractivity contribution is 5.80. The van der Waals surface area contributed by atoms with E-state index in [1.807, 2.05) is 27.7 Å². The van der Waals surface area contributed by atoms with Crippen molar-refractivity contribution in [1.29, 1.82) is 0 Å². The molecule has 0 aliphatic carbocycles. The number of ether oxygens (including phenoxy) is 3. The van der Waals surface area contributed by atoms with Crippen LogP contribution in [0.15, 0.2) is 0 Å². The van der Waals surface area contributed by atoms with Crippen molar-refractivity contribution in [1.82, 2.24) is 10.2 Å². The summed E-state index contributed by atoms with van der Waals surface area (Å²) in [6.07, 6.45) is 0. The number of methoxy groups -OCH3 is 1. The van der Waals surface area contributed by atoms with Gasteiger partial charge >= 0.3 is 5.97 Å². The highest BCUT2D eigenvalue weighted by Gasteiger charge is 2.35. The van der Waals surface area contributed by atoms with Gasteiger partial charge in [-0.2, -0.15) is 0 Å². The Morgan fingerprint density at radius 3 is 2.00 bits per heavy atom. The Kier molecular flexibility index (Phi) is 11.5. The molecule has 1 unspecified atom stereocenters. The summed E-state index contributed by atoms with van der Waals surface area (Å²) in [5.74, 6) is -0.248. The van der Waals surface area contributed by atoms with E-state index in [4.69, 9.17) is 14.2 Å². The third-order valence-corrected chi connectivity index (χ3v) is 3.25. The van der Waals surface area contributed by atoms with Crippen molar-refractivity contribution in [3.63, 3.8) is 0 Å². The van der Waals surface area contributed by atoms with Crippen molar-refractivity contribution in [2.75, 3.05) is 59.7 Å². The van der Waals surface area contributed by atoms with E-state index in [9.17, 15) is 4.79 Å². The fourth-order valence-corrected chi connectivity index (χ4v) is 2.20. The lowest BCUT2D eigenvalue weighted by Crippen LogP contribution is -2.58. The fraction of sp³-hybridized carbons (Fsp3) is 0.933. The van der Waals surface area contributed by atoms with E-state index in [0.717, 1.165) is 13.1 Å². The van der Waals surface area contributed by atoms with Gasteiger partial charge in [0, 0.05) is 32.8 Å². The first-order chi connectivity index (χ1) is 10.0. The van der Waals surface area contributed by atoms with Gasteiger partial charge in [-0.05, 0) is 27.3 Å². The normalized spacial score (nSPS) is 14.2. The summed E-state index contributed by atoms with van der Waals surface area (Å²) in [5, 5.41) is 3.22. The molecule has 126 valence electrons. The van der Waals surface area contributed by atoms with Gasteiger partial charge in [-0.25, -0.2) is 0 Å². The van der Waals surface area contributed by atoms with E-state index in [1.54, 1.807) is 0 Å². The molecule has 0 aliphatic rings. The maximum Gasteiger partial charge on any atom is 0.327 e. The summed E-state index contributed by atoms with van der Waals surface area (Å²) >= 11 is 0. The second kappa shape index (κ2) is 11.9. The molecule has 0 fully saturated rings. The average Bonchev–Trinajstić information content (AvgIpc) is 2.46. The minimum Gasteiger partial charge on any atom is -0.468 e. The van der Waals surface area contributed by atoms with E-state index in [1.165, 1.54) is 7.11 Å². The van der Waals surface area contributed by atoms with Crippen molar-refractivity contribution >= 4 is 5.97 Å². The molecule has 0 saturated carbocycles. The Hall–Kier alpha value is -0.690. The maximum atomic E-state index is 12.0. The van der Waals surface area contributed by atoms with Crippen molar-refractivity contribution in [3.8, 4) is 0 Å². The number of hydrogen-bond donors (Lipinski definition) is 1. The first-order valence-corrected chi connectivity index (χ1v) is 7.75. The van der Waals surface area contributed by atoms with Gasteiger partial charge < -0.3 is 19.5 Å². The van der Waals surface area contributed by atoms with E-state index in [0.29, 0.717) is 39.5 Å². The summed E-state index contributed by atoms with van der Waals surface area (Å²) in [4.78, 5) is 14.2. The highest BCUT2D eigenvalue weighted by atomic mass is 16.5. The molecule has 1 atom stereocenters. The van der Waals surface area contributed by atoms with Crippen molar-refractivity contribution in [3.05, 3.63) is 0 Å². The Balaban J connectivity index is 4.64. The van der Waals surface area contributed by atoms with Crippen LogP contribution in [0.5, 0.6) is 0 Å². The monoisotopic (exact) mass is 304 g/mol. The Morgan fingerprint density at radius 2 is 1.62 bits per heavy atom. The molecule has 0 rings (SSSR count). The highest BCUT2D eigenvalue weighted by Crippen LogP contribution is 2.09. The van der Waals surface area contributed by atoms with Gasteiger partial charge in [-0.3, -0.25) is 9.69 Å². The maximum absolute atomic E-state index is 12.0. The largest absolute Gasteiger partial charge is 0.468 e. The van der Waals surface area contributed by atoms with Crippen LogP contribution in [0, 0.1) is 0 Å². The lowest BCUT2D eigenvalue weighted by Gasteiger charge is -2.34. The van der Waals surface area contributed by atoms with Gasteiger partial charge in [0.1, 0.15) is 5.54 Å². The molecule has 0 aliphatic heterocycles. The molecule has 0 amide bonds. The molecule has 0 aromatic rings. The molecule has 0 saturated heterocycles. The van der Waals surface area contributed by atoms with Gasteiger partial charge in [0.15, 0.2) is 0 Å². The van der Waals surface area contributed by atoms with Crippen LogP contribution >= 0.6 is 0 Å². The lowest BCUT2D eigenvalue weighted by atomic mass is 10.0. The number of carbonyl (C=O) groups excluding carboxylic acids is 1. The number of carbonyl (C=O) groups is 1. The van der Waals surface area contributed by atoms with Crippen LogP contribution in [0.4, 0.5) is 0 Å². The number of esters is 1. The molecular weight excluding hydrogens is 272 g/mol. The van der Waals surface area contributed by atoms with Gasteiger partial charge in [-0.15, -0.1) is 0 Å². The van der Waals surface area contributed by atoms with E-state index < -0.39 is 5.54 Å². The summed E-state index contributed by atoms with van der Waals surface area (Å²) in [6, 6.07) is 0. The molecule has 0 aromatic carbocycles. The standard InChI is InChI=1S/C15H32N2O4/c1-6-16-15(4,14(18)19-5)13-17(9-11-20-7-2)10-12-21-8-3/h16H,6-13H2,1-5H3. The van der Waals surface area contributed by atoms with Gasteiger partial charge in [0.05, 0.1) is 20.3 Å². The van der Waals surface area contributed by atoms with Crippen LogP contribution in [0.1, 0.15) is 27.7 Å². The van der Waals surface area contributed by atoms with E-state index >= 15 is 0 Å². The smallest absolute Gasteiger partial charge is 0.327 e. The Labute approximate surface area is 129 Å². The van der Waals surface area contributed by atoms with E-state index in [-0.39, 0.29) is 5.97 Å². The van der Waals surface area contributed by atoms with Gasteiger partial charge in [0.25, 0.3) is 0 Å². The minimum absolute atomic E-state index is 0.248. The molecule has 0 aromatic heterocycles. The molecule has 1 N–H and O–H groups in total. The second-order valence-electron chi connectivity index (χ2n) is 5.02. The molecule has 0 heterocycles. The Bertz CT molecular complexity index is 266. The van der Waals surface area contributed by atoms with Gasteiger partial charge in [-0.1, -0.05) is 6.92 Å². The first kappa shape index (κ1) is 20.3. The predicted octanol–water partition coefficient (Wildman–Crippen LogP) is 0.903. The minimum atomic E-state index is -0.720. The number of likely N-dealkylation sites (N-methyl/N-ethyl adjacent to an activating group) is 1. The van der Waals surface area contributed by atoms with Crippen LogP contribution in [-0.2, 0) is 19.0 Å². The zero-order valence-corrected chi connectivity index (χ0v) is 14.2.